The van der Waals surface area contributed by atoms with Gasteiger partial charge in [0.05, 0.1) is 6.61 Å². The van der Waals surface area contributed by atoms with Gasteiger partial charge in [0.2, 0.25) is 0 Å². The third kappa shape index (κ3) is 6.72. The van der Waals surface area contributed by atoms with E-state index in [2.05, 4.69) is 36.9 Å². The maximum Gasteiger partial charge on any atom is 0.408 e. The van der Waals surface area contributed by atoms with Crippen molar-refractivity contribution in [2.75, 3.05) is 26.2 Å². The first-order valence-electron chi connectivity index (χ1n) is 13.4. The van der Waals surface area contributed by atoms with Crippen LogP contribution >= 0.6 is 0 Å². The summed E-state index contributed by atoms with van der Waals surface area (Å²) in [5, 5.41) is 9.77. The molecule has 1 aliphatic carbocycles. The number of carboxylic acid groups (broad SMARTS) is 1. The smallest absolute Gasteiger partial charge is 0.408 e. The molecule has 0 aromatic heterocycles. The quantitative estimate of drug-likeness (QED) is 0.433. The minimum Gasteiger partial charge on any atom is -0.493 e. The Bertz CT molecular complexity index is 1140. The summed E-state index contributed by atoms with van der Waals surface area (Å²) in [5.74, 6) is 1.03. The van der Waals surface area contributed by atoms with E-state index >= 15 is 0 Å². The monoisotopic (exact) mass is 508 g/mol. The van der Waals surface area contributed by atoms with Crippen LogP contribution in [0, 0.1) is 11.7 Å². The second kappa shape index (κ2) is 11.3. The van der Waals surface area contributed by atoms with E-state index < -0.39 is 11.6 Å². The molecule has 2 atom stereocenters. The third-order valence-electron chi connectivity index (χ3n) is 7.70. The van der Waals surface area contributed by atoms with E-state index in [0.29, 0.717) is 12.5 Å². The second-order valence-corrected chi connectivity index (χ2v) is 11.8. The van der Waals surface area contributed by atoms with E-state index in [1.165, 1.54) is 34.4 Å². The van der Waals surface area contributed by atoms with Crippen LogP contribution in [-0.4, -0.2) is 58.8 Å². The molecule has 0 radical (unpaired) electrons. The molecular weight excluding hydrogens is 467 g/mol. The predicted molar refractivity (Wildman–Crippen MR) is 147 cm³/mol. The summed E-state index contributed by atoms with van der Waals surface area (Å²) in [5.41, 5.74) is 6.14. The molecule has 2 aliphatic rings. The van der Waals surface area contributed by atoms with Gasteiger partial charge < -0.3 is 9.84 Å². The van der Waals surface area contributed by atoms with E-state index in [0.717, 1.165) is 56.6 Å². The zero-order valence-electron chi connectivity index (χ0n) is 22.9. The van der Waals surface area contributed by atoms with E-state index in [9.17, 15) is 14.3 Å². The van der Waals surface area contributed by atoms with Gasteiger partial charge in [0.25, 0.3) is 0 Å². The first kappa shape index (κ1) is 27.2. The van der Waals surface area contributed by atoms with E-state index in [1.54, 1.807) is 4.90 Å². The maximum absolute atomic E-state index is 13.1. The molecule has 5 nitrogen and oxygen atoms in total. The molecule has 1 saturated heterocycles. The average molecular weight is 509 g/mol. The van der Waals surface area contributed by atoms with Crippen molar-refractivity contribution < 1.29 is 19.0 Å². The van der Waals surface area contributed by atoms with E-state index in [1.807, 2.05) is 32.9 Å². The number of allylic oxidation sites excluding steroid dienone is 1. The van der Waals surface area contributed by atoms with Crippen molar-refractivity contribution in [3.05, 3.63) is 70.5 Å². The largest absolute Gasteiger partial charge is 0.493 e. The minimum atomic E-state index is -0.829. The molecule has 4 rings (SSSR count). The maximum atomic E-state index is 13.1. The molecule has 1 heterocycles. The fourth-order valence-electron chi connectivity index (χ4n) is 5.84. The Hall–Kier alpha value is -2.86. The molecule has 200 valence electrons. The summed E-state index contributed by atoms with van der Waals surface area (Å²) in [4.78, 5) is 15.9. The van der Waals surface area contributed by atoms with Crippen molar-refractivity contribution in [1.29, 1.82) is 0 Å². The van der Waals surface area contributed by atoms with Gasteiger partial charge in [0, 0.05) is 31.2 Å². The topological polar surface area (TPSA) is 53.0 Å². The molecule has 0 spiro atoms. The fourth-order valence-corrected chi connectivity index (χ4v) is 5.84. The van der Waals surface area contributed by atoms with Crippen LogP contribution in [0.4, 0.5) is 9.18 Å². The van der Waals surface area contributed by atoms with Gasteiger partial charge in [-0.3, -0.25) is 9.80 Å². The van der Waals surface area contributed by atoms with Crippen LogP contribution in [0.5, 0.6) is 5.75 Å². The van der Waals surface area contributed by atoms with Crippen molar-refractivity contribution in [2.45, 2.75) is 71.9 Å². The Labute approximate surface area is 220 Å². The minimum absolute atomic E-state index is 0.0411. The van der Waals surface area contributed by atoms with Crippen LogP contribution in [0.2, 0.25) is 0 Å². The van der Waals surface area contributed by atoms with Crippen molar-refractivity contribution in [3.63, 3.8) is 0 Å². The van der Waals surface area contributed by atoms with E-state index in [4.69, 9.17) is 4.74 Å². The molecule has 37 heavy (non-hydrogen) atoms. The van der Waals surface area contributed by atoms with Gasteiger partial charge in [-0.2, -0.15) is 0 Å². The second-order valence-electron chi connectivity index (χ2n) is 11.8. The molecule has 6 heteroatoms. The van der Waals surface area contributed by atoms with Crippen LogP contribution in [-0.2, 0) is 12.8 Å². The SMILES string of the molecule is CC1=C(CN2CCC(N(C(=O)O)C(C)(C)C)C2)CCc2cc(OC[C@@H](C)Cc3ccc(F)cc3)ccc21. The molecule has 0 saturated carbocycles. The highest BCUT2D eigenvalue weighted by Crippen LogP contribution is 2.35. The number of hydrogen-bond acceptors (Lipinski definition) is 3. The molecule has 0 bridgehead atoms. The molecule has 1 amide bonds. The van der Waals surface area contributed by atoms with Crippen molar-refractivity contribution in [3.8, 4) is 5.75 Å². The first-order chi connectivity index (χ1) is 17.5. The fraction of sp³-hybridized carbons (Fsp3) is 0.516. The lowest BCUT2D eigenvalue weighted by Gasteiger charge is -2.38. The van der Waals surface area contributed by atoms with Crippen molar-refractivity contribution in [2.24, 2.45) is 5.92 Å². The van der Waals surface area contributed by atoms with Gasteiger partial charge in [0.1, 0.15) is 11.6 Å². The summed E-state index contributed by atoms with van der Waals surface area (Å²) < 4.78 is 19.3. The number of aryl methyl sites for hydroxylation is 1. The highest BCUT2D eigenvalue weighted by molar-refractivity contribution is 5.72. The van der Waals surface area contributed by atoms with Crippen LogP contribution in [0.25, 0.3) is 5.57 Å². The number of rotatable bonds is 8. The summed E-state index contributed by atoms with van der Waals surface area (Å²) in [6.07, 6.45) is 2.92. The summed E-state index contributed by atoms with van der Waals surface area (Å²) in [7, 11) is 0. The molecular formula is C31H41FN2O3. The number of likely N-dealkylation sites (tertiary alicyclic amines) is 1. The van der Waals surface area contributed by atoms with Crippen LogP contribution in [0.15, 0.2) is 48.0 Å². The van der Waals surface area contributed by atoms with Gasteiger partial charge >= 0.3 is 6.09 Å². The number of nitrogens with zero attached hydrogens (tertiary/aromatic N) is 2. The van der Waals surface area contributed by atoms with Crippen LogP contribution in [0.1, 0.15) is 64.2 Å². The Morgan fingerprint density at radius 3 is 2.59 bits per heavy atom. The summed E-state index contributed by atoms with van der Waals surface area (Å²) in [6, 6.07) is 13.2. The molecule has 1 aliphatic heterocycles. The molecule has 1 unspecified atom stereocenters. The van der Waals surface area contributed by atoms with Crippen molar-refractivity contribution >= 4 is 11.7 Å². The first-order valence-corrected chi connectivity index (χ1v) is 13.4. The van der Waals surface area contributed by atoms with Gasteiger partial charge in [0.15, 0.2) is 0 Å². The Balaban J connectivity index is 1.35. The van der Waals surface area contributed by atoms with Gasteiger partial charge in [-0.15, -0.1) is 0 Å². The van der Waals surface area contributed by atoms with Crippen LogP contribution in [0.3, 0.4) is 0 Å². The predicted octanol–water partition coefficient (Wildman–Crippen LogP) is 6.66. The number of fused-ring (bicyclic) bond motifs is 1. The zero-order chi connectivity index (χ0) is 26.7. The number of ether oxygens (including phenoxy) is 1. The Kier molecular flexibility index (Phi) is 8.27. The number of halogens is 1. The molecule has 2 aromatic carbocycles. The lowest BCUT2D eigenvalue weighted by Crippen LogP contribution is -2.52. The normalized spacial score (nSPS) is 19.0. The lowest BCUT2D eigenvalue weighted by atomic mass is 9.86. The third-order valence-corrected chi connectivity index (χ3v) is 7.70. The molecule has 1 N–H and O–H groups in total. The molecule has 2 aromatic rings. The van der Waals surface area contributed by atoms with Gasteiger partial charge in [-0.05, 0) is 106 Å². The number of hydrogen-bond donors (Lipinski definition) is 1. The molecule has 1 fully saturated rings. The summed E-state index contributed by atoms with van der Waals surface area (Å²) in [6.45, 7) is 13.5. The lowest BCUT2D eigenvalue weighted by molar-refractivity contribution is 0.0725. The number of carbonyl (C=O) groups is 1. The number of amides is 1. The average Bonchev–Trinajstić information content (AvgIpc) is 3.27. The standard InChI is InChI=1S/C31H41FN2O3/c1-21(16-23-6-10-26(32)11-7-23)20-37-28-12-13-29-22(2)25(9-8-24(29)17-28)18-33-15-14-27(19-33)34(30(35)36)31(3,4)5/h6-7,10-13,17,21,27H,8-9,14-16,18-20H2,1-5H3,(H,35,36)/t21-,27?/m0/s1. The van der Waals surface area contributed by atoms with Crippen molar-refractivity contribution in [1.82, 2.24) is 9.80 Å². The Morgan fingerprint density at radius 1 is 1.19 bits per heavy atom. The zero-order valence-corrected chi connectivity index (χ0v) is 22.9. The summed E-state index contributed by atoms with van der Waals surface area (Å²) >= 11 is 0. The number of benzene rings is 2. The Morgan fingerprint density at radius 2 is 1.92 bits per heavy atom. The highest BCUT2D eigenvalue weighted by Gasteiger charge is 2.37. The van der Waals surface area contributed by atoms with E-state index in [-0.39, 0.29) is 11.9 Å². The van der Waals surface area contributed by atoms with Gasteiger partial charge in [-0.1, -0.05) is 30.7 Å². The highest BCUT2D eigenvalue weighted by atomic mass is 19.1. The van der Waals surface area contributed by atoms with Gasteiger partial charge in [-0.25, -0.2) is 9.18 Å². The van der Waals surface area contributed by atoms with Crippen LogP contribution < -0.4 is 4.74 Å².